The number of fused-ring (bicyclic) bond motifs is 1. The summed E-state index contributed by atoms with van der Waals surface area (Å²) in [5, 5.41) is 3.24. The van der Waals surface area contributed by atoms with Gasteiger partial charge in [-0.1, -0.05) is 13.8 Å². The Kier molecular flexibility index (Phi) is 4.91. The highest BCUT2D eigenvalue weighted by molar-refractivity contribution is 5.78. The monoisotopic (exact) mass is 365 g/mol. The lowest BCUT2D eigenvalue weighted by Gasteiger charge is -2.36. The van der Waals surface area contributed by atoms with Gasteiger partial charge < -0.3 is 5.32 Å². The molecule has 1 aliphatic heterocycles. The lowest BCUT2D eigenvalue weighted by molar-refractivity contribution is -0.123. The van der Waals surface area contributed by atoms with Crippen LogP contribution in [0.3, 0.4) is 0 Å². The zero-order valence-corrected chi connectivity index (χ0v) is 16.1. The Hall–Kier alpha value is -2.34. The fourth-order valence-corrected chi connectivity index (χ4v) is 4.19. The van der Waals surface area contributed by atoms with Crippen LogP contribution in [0.1, 0.15) is 50.4 Å². The van der Waals surface area contributed by atoms with E-state index in [1.54, 1.807) is 12.4 Å². The standard InChI is InChI=1S/C21H27N5O/c1-21(2)10-17(24-19(27)14-26-8-3-4-9-26)16-13-23-20(25-18(16)11-21)15-6-5-7-22-12-15/h5-7,12-13,17H,3-4,8-11,14H2,1-2H3,(H,24,27). The number of pyridine rings is 1. The number of amides is 1. The molecule has 1 N–H and O–H groups in total. The van der Waals surface area contributed by atoms with Crippen LogP contribution >= 0.6 is 0 Å². The third-order valence-electron chi connectivity index (χ3n) is 5.50. The summed E-state index contributed by atoms with van der Waals surface area (Å²) in [6.07, 6.45) is 9.59. The Morgan fingerprint density at radius 2 is 2.11 bits per heavy atom. The molecule has 0 spiro atoms. The van der Waals surface area contributed by atoms with Gasteiger partial charge in [0, 0.05) is 29.7 Å². The first-order chi connectivity index (χ1) is 13.0. The highest BCUT2D eigenvalue weighted by Crippen LogP contribution is 2.40. The van der Waals surface area contributed by atoms with Gasteiger partial charge in [-0.15, -0.1) is 0 Å². The number of carbonyl (C=O) groups excluding carboxylic acids is 1. The van der Waals surface area contributed by atoms with E-state index in [4.69, 9.17) is 4.98 Å². The predicted molar refractivity (Wildman–Crippen MR) is 104 cm³/mol. The van der Waals surface area contributed by atoms with Crippen LogP contribution in [0.15, 0.2) is 30.7 Å². The van der Waals surface area contributed by atoms with Crippen LogP contribution in [0.5, 0.6) is 0 Å². The summed E-state index contributed by atoms with van der Waals surface area (Å²) in [7, 11) is 0. The number of hydrogen-bond acceptors (Lipinski definition) is 5. The van der Waals surface area contributed by atoms with Crippen LogP contribution in [-0.2, 0) is 11.2 Å². The molecule has 2 aromatic rings. The number of hydrogen-bond donors (Lipinski definition) is 1. The Balaban J connectivity index is 1.56. The van der Waals surface area contributed by atoms with Gasteiger partial charge >= 0.3 is 0 Å². The van der Waals surface area contributed by atoms with Gasteiger partial charge in [0.15, 0.2) is 5.82 Å². The summed E-state index contributed by atoms with van der Waals surface area (Å²) in [6.45, 7) is 7.01. The Morgan fingerprint density at radius 3 is 2.85 bits per heavy atom. The lowest BCUT2D eigenvalue weighted by atomic mass is 9.74. The van der Waals surface area contributed by atoms with E-state index in [0.29, 0.717) is 12.4 Å². The minimum atomic E-state index is -0.0261. The van der Waals surface area contributed by atoms with Crippen molar-refractivity contribution in [1.29, 1.82) is 0 Å². The molecule has 3 heterocycles. The molecule has 2 aromatic heterocycles. The van der Waals surface area contributed by atoms with Gasteiger partial charge in [0.2, 0.25) is 5.91 Å². The van der Waals surface area contributed by atoms with Crippen molar-refractivity contribution in [1.82, 2.24) is 25.2 Å². The van der Waals surface area contributed by atoms with Crippen LogP contribution in [0.25, 0.3) is 11.4 Å². The molecule has 0 aromatic carbocycles. The summed E-state index contributed by atoms with van der Waals surface area (Å²) < 4.78 is 0. The average molecular weight is 365 g/mol. The zero-order valence-electron chi connectivity index (χ0n) is 16.1. The van der Waals surface area contributed by atoms with Gasteiger partial charge in [0.1, 0.15) is 0 Å². The minimum absolute atomic E-state index is 0.0261. The number of aromatic nitrogens is 3. The number of nitrogens with zero attached hydrogens (tertiary/aromatic N) is 4. The molecule has 6 nitrogen and oxygen atoms in total. The van der Waals surface area contributed by atoms with Gasteiger partial charge in [-0.3, -0.25) is 14.7 Å². The van der Waals surface area contributed by atoms with Crippen LogP contribution in [-0.4, -0.2) is 45.4 Å². The molecule has 27 heavy (non-hydrogen) atoms. The summed E-state index contributed by atoms with van der Waals surface area (Å²) in [5.74, 6) is 0.795. The Labute approximate surface area is 160 Å². The molecule has 0 saturated carbocycles. The topological polar surface area (TPSA) is 71.0 Å². The zero-order chi connectivity index (χ0) is 18.9. The smallest absolute Gasteiger partial charge is 0.234 e. The van der Waals surface area contributed by atoms with E-state index in [-0.39, 0.29) is 17.4 Å². The van der Waals surface area contributed by atoms with Crippen molar-refractivity contribution in [2.75, 3.05) is 19.6 Å². The third kappa shape index (κ3) is 4.16. The van der Waals surface area contributed by atoms with Crippen LogP contribution < -0.4 is 5.32 Å². The van der Waals surface area contributed by atoms with E-state index in [2.05, 4.69) is 34.0 Å². The van der Waals surface area contributed by atoms with Gasteiger partial charge in [-0.05, 0) is 56.3 Å². The van der Waals surface area contributed by atoms with Gasteiger partial charge in [-0.2, -0.15) is 0 Å². The van der Waals surface area contributed by atoms with E-state index in [1.165, 1.54) is 12.8 Å². The first-order valence-corrected chi connectivity index (χ1v) is 9.78. The van der Waals surface area contributed by atoms with E-state index in [0.717, 1.165) is 42.8 Å². The summed E-state index contributed by atoms with van der Waals surface area (Å²) in [5.41, 5.74) is 3.08. The molecule has 142 valence electrons. The molecule has 0 radical (unpaired) electrons. The third-order valence-corrected chi connectivity index (χ3v) is 5.50. The van der Waals surface area contributed by atoms with E-state index in [9.17, 15) is 4.79 Å². The Morgan fingerprint density at radius 1 is 1.30 bits per heavy atom. The number of nitrogens with one attached hydrogen (secondary N) is 1. The summed E-state index contributed by atoms with van der Waals surface area (Å²) in [4.78, 5) is 28.4. The molecular formula is C21H27N5O. The normalized spacial score (nSPS) is 21.6. The molecule has 1 unspecified atom stereocenters. The Bertz CT molecular complexity index is 815. The lowest BCUT2D eigenvalue weighted by Crippen LogP contribution is -2.41. The van der Waals surface area contributed by atoms with Crippen molar-refractivity contribution in [3.05, 3.63) is 42.0 Å². The second-order valence-corrected chi connectivity index (χ2v) is 8.49. The molecule has 2 aliphatic rings. The first-order valence-electron chi connectivity index (χ1n) is 9.78. The molecule has 1 amide bonds. The fourth-order valence-electron chi connectivity index (χ4n) is 4.19. The second-order valence-electron chi connectivity index (χ2n) is 8.49. The summed E-state index contributed by atoms with van der Waals surface area (Å²) in [6, 6.07) is 3.84. The van der Waals surface area contributed by atoms with Crippen molar-refractivity contribution in [2.45, 2.75) is 45.6 Å². The fraction of sp³-hybridized carbons (Fsp3) is 0.524. The average Bonchev–Trinajstić information content (AvgIpc) is 3.14. The molecule has 0 bridgehead atoms. The van der Waals surface area contributed by atoms with Crippen molar-refractivity contribution < 1.29 is 4.79 Å². The quantitative estimate of drug-likeness (QED) is 0.902. The van der Waals surface area contributed by atoms with Crippen molar-refractivity contribution in [3.8, 4) is 11.4 Å². The molecule has 6 heteroatoms. The minimum Gasteiger partial charge on any atom is -0.348 e. The molecule has 4 rings (SSSR count). The highest BCUT2D eigenvalue weighted by atomic mass is 16.2. The van der Waals surface area contributed by atoms with E-state index >= 15 is 0 Å². The first kappa shape index (κ1) is 18.0. The molecule has 1 saturated heterocycles. The van der Waals surface area contributed by atoms with Crippen LogP contribution in [0.2, 0.25) is 0 Å². The highest BCUT2D eigenvalue weighted by Gasteiger charge is 2.34. The molecule has 1 fully saturated rings. The van der Waals surface area contributed by atoms with Gasteiger partial charge in [0.25, 0.3) is 0 Å². The predicted octanol–water partition coefficient (Wildman–Crippen LogP) is 2.76. The van der Waals surface area contributed by atoms with E-state index in [1.807, 2.05) is 18.3 Å². The maximum atomic E-state index is 12.6. The van der Waals surface area contributed by atoms with Gasteiger partial charge in [-0.25, -0.2) is 9.97 Å². The molecular weight excluding hydrogens is 338 g/mol. The number of likely N-dealkylation sites (tertiary alicyclic amines) is 1. The van der Waals surface area contributed by atoms with Crippen LogP contribution in [0.4, 0.5) is 0 Å². The molecule has 1 aliphatic carbocycles. The van der Waals surface area contributed by atoms with Crippen molar-refractivity contribution in [2.24, 2.45) is 5.41 Å². The SMILES string of the molecule is CC1(C)Cc2nc(-c3cccnc3)ncc2C(NC(=O)CN2CCCC2)C1. The van der Waals surface area contributed by atoms with Crippen molar-refractivity contribution in [3.63, 3.8) is 0 Å². The number of carbonyl (C=O) groups is 1. The van der Waals surface area contributed by atoms with Crippen LogP contribution in [0, 0.1) is 5.41 Å². The summed E-state index contributed by atoms with van der Waals surface area (Å²) >= 11 is 0. The molecule has 1 atom stereocenters. The maximum absolute atomic E-state index is 12.6. The number of rotatable bonds is 4. The maximum Gasteiger partial charge on any atom is 0.234 e. The van der Waals surface area contributed by atoms with Gasteiger partial charge in [0.05, 0.1) is 18.3 Å². The largest absolute Gasteiger partial charge is 0.348 e. The van der Waals surface area contributed by atoms with E-state index < -0.39 is 0 Å². The van der Waals surface area contributed by atoms with Crippen molar-refractivity contribution >= 4 is 5.91 Å². The second kappa shape index (κ2) is 7.35.